The van der Waals surface area contributed by atoms with Gasteiger partial charge in [0.25, 0.3) is 0 Å². The summed E-state index contributed by atoms with van der Waals surface area (Å²) in [6, 6.07) is 8.32. The molecule has 0 saturated heterocycles. The number of carbonyl (C=O) groups excluding carboxylic acids is 1. The summed E-state index contributed by atoms with van der Waals surface area (Å²) in [6.07, 6.45) is 0. The van der Waals surface area contributed by atoms with E-state index < -0.39 is 0 Å². The van der Waals surface area contributed by atoms with E-state index >= 15 is 0 Å². The van der Waals surface area contributed by atoms with Gasteiger partial charge in [-0.15, -0.1) is 0 Å². The average Bonchev–Trinajstić information content (AvgIpc) is 2.27. The number of hydrogen-bond acceptors (Lipinski definition) is 2. The maximum Gasteiger partial charge on any atom is 0.238 e. The van der Waals surface area contributed by atoms with E-state index in [1.165, 1.54) is 5.56 Å². The number of hydrogen-bond donors (Lipinski definition) is 2. The summed E-state index contributed by atoms with van der Waals surface area (Å²) in [5, 5.41) is 5.95. The Morgan fingerprint density at radius 2 is 1.71 bits per heavy atom. The quantitative estimate of drug-likeness (QED) is 0.822. The van der Waals surface area contributed by atoms with Crippen molar-refractivity contribution in [1.82, 2.24) is 5.32 Å². The van der Waals surface area contributed by atoms with Crippen molar-refractivity contribution in [3.8, 4) is 0 Å². The molecule has 0 aliphatic heterocycles. The first-order chi connectivity index (χ1) is 7.99. The molecule has 0 bridgehead atoms. The van der Waals surface area contributed by atoms with Crippen LogP contribution in [-0.2, 0) is 4.79 Å². The molecule has 17 heavy (non-hydrogen) atoms. The van der Waals surface area contributed by atoms with Crippen molar-refractivity contribution in [1.29, 1.82) is 0 Å². The highest BCUT2D eigenvalue weighted by atomic mass is 16.1. The van der Waals surface area contributed by atoms with Crippen molar-refractivity contribution in [2.45, 2.75) is 39.7 Å². The Morgan fingerprint density at radius 1 is 1.12 bits per heavy atom. The van der Waals surface area contributed by atoms with Gasteiger partial charge in [-0.25, -0.2) is 0 Å². The van der Waals surface area contributed by atoms with E-state index in [0.29, 0.717) is 18.5 Å². The Hall–Kier alpha value is -1.35. The summed E-state index contributed by atoms with van der Waals surface area (Å²) in [4.78, 5) is 11.6. The first-order valence-corrected chi connectivity index (χ1v) is 6.12. The van der Waals surface area contributed by atoms with E-state index in [4.69, 9.17) is 0 Å². The molecule has 94 valence electrons. The predicted molar refractivity (Wildman–Crippen MR) is 72.3 cm³/mol. The molecule has 0 unspecified atom stereocenters. The van der Waals surface area contributed by atoms with Crippen molar-refractivity contribution in [3.05, 3.63) is 29.8 Å². The van der Waals surface area contributed by atoms with E-state index in [2.05, 4.69) is 36.6 Å². The molecular formula is C14H22N2O. The Morgan fingerprint density at radius 3 is 2.18 bits per heavy atom. The monoisotopic (exact) mass is 234 g/mol. The van der Waals surface area contributed by atoms with E-state index in [0.717, 1.165) is 5.69 Å². The second kappa shape index (κ2) is 6.40. The van der Waals surface area contributed by atoms with Crippen molar-refractivity contribution in [2.24, 2.45) is 0 Å². The van der Waals surface area contributed by atoms with Crippen LogP contribution in [0.25, 0.3) is 0 Å². The molecule has 3 nitrogen and oxygen atoms in total. The Balaban J connectivity index is 2.48. The number of carbonyl (C=O) groups is 1. The molecule has 1 aromatic rings. The molecule has 0 aliphatic carbocycles. The molecule has 0 spiro atoms. The molecule has 2 N–H and O–H groups in total. The minimum atomic E-state index is -0.00371. The predicted octanol–water partition coefficient (Wildman–Crippen LogP) is 2.75. The van der Waals surface area contributed by atoms with Crippen LogP contribution in [0.3, 0.4) is 0 Å². The minimum absolute atomic E-state index is 0.00371. The van der Waals surface area contributed by atoms with Gasteiger partial charge in [-0.05, 0) is 23.6 Å². The van der Waals surface area contributed by atoms with Crippen LogP contribution in [0, 0.1) is 0 Å². The number of anilines is 1. The molecule has 1 rings (SSSR count). The van der Waals surface area contributed by atoms with Gasteiger partial charge in [0.1, 0.15) is 0 Å². The fourth-order valence-electron chi connectivity index (χ4n) is 1.45. The van der Waals surface area contributed by atoms with Crippen molar-refractivity contribution in [3.63, 3.8) is 0 Å². The molecule has 1 amide bonds. The Bertz CT molecular complexity index is 355. The SMILES string of the molecule is CC(C)NCC(=O)Nc1ccc(C(C)C)cc1. The van der Waals surface area contributed by atoms with Gasteiger partial charge < -0.3 is 10.6 Å². The zero-order valence-corrected chi connectivity index (χ0v) is 11.1. The lowest BCUT2D eigenvalue weighted by molar-refractivity contribution is -0.115. The molecule has 0 saturated carbocycles. The average molecular weight is 234 g/mol. The molecule has 0 aromatic heterocycles. The first-order valence-electron chi connectivity index (χ1n) is 6.12. The molecular weight excluding hydrogens is 212 g/mol. The van der Waals surface area contributed by atoms with Crippen LogP contribution in [0.1, 0.15) is 39.2 Å². The van der Waals surface area contributed by atoms with E-state index in [-0.39, 0.29) is 5.91 Å². The fraction of sp³-hybridized carbons (Fsp3) is 0.500. The smallest absolute Gasteiger partial charge is 0.238 e. The van der Waals surface area contributed by atoms with Gasteiger partial charge in [-0.1, -0.05) is 39.8 Å². The van der Waals surface area contributed by atoms with Crippen molar-refractivity contribution < 1.29 is 4.79 Å². The number of amides is 1. The zero-order valence-electron chi connectivity index (χ0n) is 11.1. The summed E-state index contributed by atoms with van der Waals surface area (Å²) in [6.45, 7) is 8.69. The summed E-state index contributed by atoms with van der Waals surface area (Å²) >= 11 is 0. The van der Waals surface area contributed by atoms with Gasteiger partial charge in [0.15, 0.2) is 0 Å². The van der Waals surface area contributed by atoms with Gasteiger partial charge >= 0.3 is 0 Å². The Labute approximate surface area is 104 Å². The van der Waals surface area contributed by atoms with Gasteiger partial charge in [0.05, 0.1) is 6.54 Å². The third-order valence-electron chi connectivity index (χ3n) is 2.53. The molecule has 0 fully saturated rings. The largest absolute Gasteiger partial charge is 0.325 e. The summed E-state index contributed by atoms with van der Waals surface area (Å²) in [7, 11) is 0. The van der Waals surface area contributed by atoms with Crippen LogP contribution in [0.5, 0.6) is 0 Å². The maximum absolute atomic E-state index is 11.6. The topological polar surface area (TPSA) is 41.1 Å². The maximum atomic E-state index is 11.6. The minimum Gasteiger partial charge on any atom is -0.325 e. The van der Waals surface area contributed by atoms with Crippen molar-refractivity contribution in [2.75, 3.05) is 11.9 Å². The number of nitrogens with one attached hydrogen (secondary N) is 2. The van der Waals surface area contributed by atoms with E-state index in [1.807, 2.05) is 26.0 Å². The highest BCUT2D eigenvalue weighted by Crippen LogP contribution is 2.16. The standard InChI is InChI=1S/C14H22N2O/c1-10(2)12-5-7-13(8-6-12)16-14(17)9-15-11(3)4/h5-8,10-11,15H,9H2,1-4H3,(H,16,17). The van der Waals surface area contributed by atoms with Crippen LogP contribution in [0.2, 0.25) is 0 Å². The normalized spacial score (nSPS) is 10.9. The molecule has 0 heterocycles. The molecule has 1 aromatic carbocycles. The van der Waals surface area contributed by atoms with Crippen molar-refractivity contribution >= 4 is 11.6 Å². The summed E-state index contributed by atoms with van der Waals surface area (Å²) in [5.74, 6) is 0.512. The zero-order chi connectivity index (χ0) is 12.8. The van der Waals surface area contributed by atoms with Gasteiger partial charge in [0.2, 0.25) is 5.91 Å². The van der Waals surface area contributed by atoms with Gasteiger partial charge in [-0.3, -0.25) is 4.79 Å². The van der Waals surface area contributed by atoms with Gasteiger partial charge in [-0.2, -0.15) is 0 Å². The lowest BCUT2D eigenvalue weighted by atomic mass is 10.0. The molecule has 3 heteroatoms. The highest BCUT2D eigenvalue weighted by Gasteiger charge is 2.03. The Kier molecular flexibility index (Phi) is 5.16. The van der Waals surface area contributed by atoms with Crippen LogP contribution >= 0.6 is 0 Å². The third kappa shape index (κ3) is 5.00. The summed E-state index contributed by atoms with van der Waals surface area (Å²) < 4.78 is 0. The fourth-order valence-corrected chi connectivity index (χ4v) is 1.45. The number of benzene rings is 1. The van der Waals surface area contributed by atoms with E-state index in [1.54, 1.807) is 0 Å². The van der Waals surface area contributed by atoms with Crippen LogP contribution in [0.4, 0.5) is 5.69 Å². The lowest BCUT2D eigenvalue weighted by Gasteiger charge is -2.10. The summed E-state index contributed by atoms with van der Waals surface area (Å²) in [5.41, 5.74) is 2.13. The third-order valence-corrected chi connectivity index (χ3v) is 2.53. The molecule has 0 aliphatic rings. The second-order valence-electron chi connectivity index (χ2n) is 4.86. The lowest BCUT2D eigenvalue weighted by Crippen LogP contribution is -2.32. The van der Waals surface area contributed by atoms with Gasteiger partial charge in [0, 0.05) is 11.7 Å². The molecule has 0 radical (unpaired) electrons. The van der Waals surface area contributed by atoms with E-state index in [9.17, 15) is 4.79 Å². The van der Waals surface area contributed by atoms with Crippen LogP contribution in [-0.4, -0.2) is 18.5 Å². The van der Waals surface area contributed by atoms with Crippen LogP contribution < -0.4 is 10.6 Å². The second-order valence-corrected chi connectivity index (χ2v) is 4.86. The first kappa shape index (κ1) is 13.7. The van der Waals surface area contributed by atoms with Crippen LogP contribution in [0.15, 0.2) is 24.3 Å². The highest BCUT2D eigenvalue weighted by molar-refractivity contribution is 5.92. The number of rotatable bonds is 5. The molecule has 0 atom stereocenters.